The first-order chi connectivity index (χ1) is 7.82. The fourth-order valence-electron chi connectivity index (χ4n) is 1.80. The van der Waals surface area contributed by atoms with Crippen LogP contribution < -0.4 is 0 Å². The Hall–Kier alpha value is -0.880. The number of aliphatic hydroxyl groups is 1. The van der Waals surface area contributed by atoms with E-state index in [0.717, 1.165) is 0 Å². The second-order valence-corrected chi connectivity index (χ2v) is 7.01. The Morgan fingerprint density at radius 3 is 1.94 bits per heavy atom. The number of aliphatic carboxylic acids is 1. The van der Waals surface area contributed by atoms with Gasteiger partial charge in [0.05, 0.1) is 39.5 Å². The maximum Gasteiger partial charge on any atom is 0.366 e. The zero-order valence-corrected chi connectivity index (χ0v) is 11.7. The molecule has 0 heterocycles. The molecule has 0 rings (SSSR count). The topological polar surface area (TPSA) is 115 Å². The van der Waals surface area contributed by atoms with E-state index in [9.17, 15) is 19.6 Å². The quantitative estimate of drug-likeness (QED) is 0.308. The Kier molecular flexibility index (Phi) is 5.14. The first kappa shape index (κ1) is 17.1. The highest BCUT2D eigenvalue weighted by Crippen LogP contribution is 2.40. The highest BCUT2D eigenvalue weighted by Gasteiger charge is 2.51. The summed E-state index contributed by atoms with van der Waals surface area (Å²) in [5.41, 5.74) is -1.52. The van der Waals surface area contributed by atoms with Crippen LogP contribution in [0.3, 0.4) is 0 Å². The van der Waals surface area contributed by atoms with E-state index in [0.29, 0.717) is 0 Å². The van der Waals surface area contributed by atoms with Crippen molar-refractivity contribution in [2.45, 2.75) is 18.4 Å². The molecule has 1 atom stereocenters. The van der Waals surface area contributed by atoms with Gasteiger partial charge < -0.3 is 24.5 Å². The number of aliphatic hydroxyl groups excluding tert-OH is 1. The van der Waals surface area contributed by atoms with Crippen LogP contribution in [0.1, 0.15) is 12.8 Å². The highest BCUT2D eigenvalue weighted by molar-refractivity contribution is 7.51. The Bertz CT molecular complexity index is 382. The molecule has 0 aromatic carbocycles. The Morgan fingerprint density at radius 1 is 1.28 bits per heavy atom. The van der Waals surface area contributed by atoms with Gasteiger partial charge in [-0.25, -0.2) is 4.79 Å². The molecule has 106 valence electrons. The van der Waals surface area contributed by atoms with Crippen molar-refractivity contribution < 1.29 is 33.8 Å². The van der Waals surface area contributed by atoms with Gasteiger partial charge >= 0.3 is 13.6 Å². The van der Waals surface area contributed by atoms with Crippen LogP contribution in [-0.2, 0) is 9.36 Å². The zero-order chi connectivity index (χ0) is 14.8. The lowest BCUT2D eigenvalue weighted by molar-refractivity contribution is -0.914. The number of hydrogen-bond acceptors (Lipinski definition) is 3. The van der Waals surface area contributed by atoms with E-state index in [2.05, 4.69) is 6.58 Å². The van der Waals surface area contributed by atoms with Crippen LogP contribution in [0.25, 0.3) is 0 Å². The van der Waals surface area contributed by atoms with Gasteiger partial charge in [-0.3, -0.25) is 4.57 Å². The predicted octanol–water partition coefficient (Wildman–Crippen LogP) is 0.546. The summed E-state index contributed by atoms with van der Waals surface area (Å²) in [5, 5.41) is 18.7. The SMILES string of the molecule is C=C(O)CC(CCP(=O)(O)O)(C(=O)O)[N+](C)(C)C. The van der Waals surface area contributed by atoms with Gasteiger partial charge in [-0.05, 0) is 0 Å². The molecule has 0 radical (unpaired) electrons. The summed E-state index contributed by atoms with van der Waals surface area (Å²) in [5.74, 6) is -1.55. The van der Waals surface area contributed by atoms with Gasteiger partial charge in [-0.2, -0.15) is 0 Å². The second-order valence-electron chi connectivity index (χ2n) is 5.23. The summed E-state index contributed by atoms with van der Waals surface area (Å²) >= 11 is 0. The Labute approximate surface area is 106 Å². The summed E-state index contributed by atoms with van der Waals surface area (Å²) in [4.78, 5) is 29.3. The monoisotopic (exact) mass is 282 g/mol. The maximum atomic E-state index is 11.5. The molecular weight excluding hydrogens is 261 g/mol. The van der Waals surface area contributed by atoms with Gasteiger partial charge in [-0.1, -0.05) is 6.58 Å². The molecule has 0 bridgehead atoms. The van der Waals surface area contributed by atoms with E-state index in [4.69, 9.17) is 9.79 Å². The van der Waals surface area contributed by atoms with Crippen LogP contribution in [0, 0.1) is 0 Å². The molecule has 0 fully saturated rings. The minimum absolute atomic E-state index is 0.0814. The van der Waals surface area contributed by atoms with Gasteiger partial charge in [0.25, 0.3) is 0 Å². The number of quaternary nitrogens is 1. The number of carboxylic acid groups (broad SMARTS) is 1. The summed E-state index contributed by atoms with van der Waals surface area (Å²) in [6.07, 6.45) is -1.07. The lowest BCUT2D eigenvalue weighted by Crippen LogP contribution is -2.62. The number of nitrogens with zero attached hydrogens (tertiary/aromatic N) is 1. The van der Waals surface area contributed by atoms with Crippen LogP contribution in [0.5, 0.6) is 0 Å². The van der Waals surface area contributed by atoms with Gasteiger partial charge in [-0.15, -0.1) is 0 Å². The average molecular weight is 282 g/mol. The molecule has 0 aliphatic rings. The minimum Gasteiger partial charge on any atom is -0.513 e. The average Bonchev–Trinajstić information content (AvgIpc) is 2.07. The third kappa shape index (κ3) is 4.42. The van der Waals surface area contributed by atoms with E-state index in [1.165, 1.54) is 0 Å². The van der Waals surface area contributed by atoms with E-state index in [-0.39, 0.29) is 23.1 Å². The number of rotatable bonds is 7. The van der Waals surface area contributed by atoms with Crippen molar-refractivity contribution >= 4 is 13.6 Å². The molecule has 0 aliphatic heterocycles. The fraction of sp³-hybridized carbons (Fsp3) is 0.700. The molecule has 1 unspecified atom stereocenters. The third-order valence-corrected chi connectivity index (χ3v) is 3.80. The predicted molar refractivity (Wildman–Crippen MR) is 66.3 cm³/mol. The summed E-state index contributed by atoms with van der Waals surface area (Å²) in [6.45, 7) is 3.27. The second kappa shape index (κ2) is 5.40. The summed E-state index contributed by atoms with van der Waals surface area (Å²) in [6, 6.07) is 0. The van der Waals surface area contributed by atoms with E-state index in [1.54, 1.807) is 21.1 Å². The van der Waals surface area contributed by atoms with Gasteiger partial charge in [0.15, 0.2) is 0 Å². The zero-order valence-electron chi connectivity index (χ0n) is 10.8. The summed E-state index contributed by atoms with van der Waals surface area (Å²) < 4.78 is 10.8. The molecule has 0 saturated heterocycles. The maximum absolute atomic E-state index is 11.5. The number of carbonyl (C=O) groups is 1. The first-order valence-corrected chi connectivity index (χ1v) is 7.08. The van der Waals surface area contributed by atoms with Crippen molar-refractivity contribution in [1.82, 2.24) is 0 Å². The first-order valence-electron chi connectivity index (χ1n) is 5.28. The van der Waals surface area contributed by atoms with Gasteiger partial charge in [0, 0.05) is 6.42 Å². The lowest BCUT2D eigenvalue weighted by Gasteiger charge is -2.42. The van der Waals surface area contributed by atoms with Crippen molar-refractivity contribution in [2.75, 3.05) is 27.3 Å². The molecule has 0 aliphatic carbocycles. The molecule has 0 amide bonds. The van der Waals surface area contributed by atoms with Crippen molar-refractivity contribution in [3.05, 3.63) is 12.3 Å². The Balaban J connectivity index is 5.42. The molecule has 4 N–H and O–H groups in total. The number of carboxylic acids is 1. The van der Waals surface area contributed by atoms with E-state index < -0.39 is 25.3 Å². The van der Waals surface area contributed by atoms with Crippen LogP contribution >= 0.6 is 7.60 Å². The third-order valence-electron chi connectivity index (χ3n) is 3.00. The molecule has 18 heavy (non-hydrogen) atoms. The normalized spacial score (nSPS) is 16.1. The fourth-order valence-corrected chi connectivity index (χ4v) is 2.46. The molecule has 8 heteroatoms. The standard InChI is InChI=1S/C10H20NO6P/c1-8(12)7-10(9(13)14,11(2,3)4)5-6-18(15,16)17/h1,5-7H2,2-4H3,(H3-,12,13,14,15,16,17)/p+1. The van der Waals surface area contributed by atoms with Crippen LogP contribution in [0.2, 0.25) is 0 Å². The summed E-state index contributed by atoms with van der Waals surface area (Å²) in [7, 11) is 0.483. The van der Waals surface area contributed by atoms with Crippen molar-refractivity contribution in [3.63, 3.8) is 0 Å². The van der Waals surface area contributed by atoms with Crippen molar-refractivity contribution in [3.8, 4) is 0 Å². The van der Waals surface area contributed by atoms with Crippen LogP contribution in [0.15, 0.2) is 12.3 Å². The van der Waals surface area contributed by atoms with E-state index >= 15 is 0 Å². The van der Waals surface area contributed by atoms with Crippen molar-refractivity contribution in [2.24, 2.45) is 0 Å². The van der Waals surface area contributed by atoms with Gasteiger partial charge in [0.1, 0.15) is 0 Å². The minimum atomic E-state index is -4.30. The van der Waals surface area contributed by atoms with Crippen LogP contribution in [0.4, 0.5) is 0 Å². The molecule has 0 spiro atoms. The van der Waals surface area contributed by atoms with Crippen LogP contribution in [-0.4, -0.2) is 63.3 Å². The smallest absolute Gasteiger partial charge is 0.366 e. The van der Waals surface area contributed by atoms with E-state index in [1.807, 2.05) is 0 Å². The molecule has 0 aromatic heterocycles. The largest absolute Gasteiger partial charge is 0.513 e. The lowest BCUT2D eigenvalue weighted by atomic mass is 9.87. The van der Waals surface area contributed by atoms with Gasteiger partial charge in [0.2, 0.25) is 5.54 Å². The highest BCUT2D eigenvalue weighted by atomic mass is 31.2. The van der Waals surface area contributed by atoms with Crippen molar-refractivity contribution in [1.29, 1.82) is 0 Å². The Morgan fingerprint density at radius 2 is 1.72 bits per heavy atom. The number of likely N-dealkylation sites (N-methyl/N-ethyl adjacent to an activating group) is 1. The molecule has 7 nitrogen and oxygen atoms in total. The molecule has 0 saturated carbocycles. The molecular formula is C10H21NO6P+. The number of hydrogen-bond donors (Lipinski definition) is 4. The molecule has 0 aromatic rings.